The molecule has 1 rings (SSSR count). The van der Waals surface area contributed by atoms with Gasteiger partial charge in [0.25, 0.3) is 5.91 Å². The number of nitrogens with one attached hydrogen (secondary N) is 1. The van der Waals surface area contributed by atoms with Crippen LogP contribution in [0.25, 0.3) is 0 Å². The van der Waals surface area contributed by atoms with Gasteiger partial charge in [-0.25, -0.2) is 4.79 Å². The van der Waals surface area contributed by atoms with E-state index in [1.165, 1.54) is 0 Å². The Morgan fingerprint density at radius 2 is 2.16 bits per heavy atom. The van der Waals surface area contributed by atoms with Crippen LogP contribution in [0, 0.1) is 12.3 Å². The quantitative estimate of drug-likeness (QED) is 0.771. The summed E-state index contributed by atoms with van der Waals surface area (Å²) in [5.74, 6) is 0.758. The Morgan fingerprint density at radius 1 is 1.47 bits per heavy atom. The highest BCUT2D eigenvalue weighted by Crippen LogP contribution is 2.22. The molecule has 0 aliphatic carbocycles. The molecule has 1 aromatic carbocycles. The standard InChI is InChI=1S/C13H12ClNO4/c1-2-5-10(13(17)18)15-12(16)8-19-11-7-4-3-6-9(11)14/h1,3-4,6-7,10H,5,8H2,(H,15,16)(H,17,18). The van der Waals surface area contributed by atoms with Gasteiger partial charge in [-0.05, 0) is 12.1 Å². The Morgan fingerprint density at radius 3 is 2.74 bits per heavy atom. The summed E-state index contributed by atoms with van der Waals surface area (Å²) in [6.07, 6.45) is 4.92. The fourth-order valence-corrected chi connectivity index (χ4v) is 1.45. The lowest BCUT2D eigenvalue weighted by Crippen LogP contribution is -2.42. The number of aliphatic carboxylic acids is 1. The lowest BCUT2D eigenvalue weighted by molar-refractivity contribution is -0.141. The average Bonchev–Trinajstić information content (AvgIpc) is 2.37. The zero-order chi connectivity index (χ0) is 14.3. The van der Waals surface area contributed by atoms with Gasteiger partial charge in [-0.15, -0.1) is 12.3 Å². The Balaban J connectivity index is 2.50. The molecule has 0 fully saturated rings. The lowest BCUT2D eigenvalue weighted by Gasteiger charge is -2.12. The van der Waals surface area contributed by atoms with Crippen molar-refractivity contribution >= 4 is 23.5 Å². The first-order valence-corrected chi connectivity index (χ1v) is 5.75. The third-order valence-corrected chi connectivity index (χ3v) is 2.46. The number of halogens is 1. The molecule has 19 heavy (non-hydrogen) atoms. The molecule has 0 saturated carbocycles. The molecule has 0 radical (unpaired) electrons. The van der Waals surface area contributed by atoms with Crippen molar-refractivity contribution in [1.29, 1.82) is 0 Å². The van der Waals surface area contributed by atoms with Gasteiger partial charge in [0, 0.05) is 6.42 Å². The highest BCUT2D eigenvalue weighted by molar-refractivity contribution is 6.32. The minimum absolute atomic E-state index is 0.0901. The summed E-state index contributed by atoms with van der Waals surface area (Å²) in [5.41, 5.74) is 0. The number of carboxylic acids is 1. The molecular weight excluding hydrogens is 270 g/mol. The summed E-state index contributed by atoms with van der Waals surface area (Å²) in [5, 5.41) is 11.4. The van der Waals surface area contributed by atoms with Gasteiger partial charge < -0.3 is 15.2 Å². The summed E-state index contributed by atoms with van der Waals surface area (Å²) < 4.78 is 5.17. The lowest BCUT2D eigenvalue weighted by atomic mass is 10.2. The normalized spacial score (nSPS) is 11.2. The van der Waals surface area contributed by atoms with Crippen LogP contribution in [0.5, 0.6) is 5.75 Å². The molecular formula is C13H12ClNO4. The Hall–Kier alpha value is -2.19. The number of hydrogen-bond acceptors (Lipinski definition) is 3. The van der Waals surface area contributed by atoms with Crippen LogP contribution in [0.4, 0.5) is 0 Å². The molecule has 5 nitrogen and oxygen atoms in total. The van der Waals surface area contributed by atoms with Crippen molar-refractivity contribution in [2.24, 2.45) is 0 Å². The molecule has 1 aromatic rings. The van der Waals surface area contributed by atoms with E-state index in [1.54, 1.807) is 24.3 Å². The molecule has 1 unspecified atom stereocenters. The molecule has 6 heteroatoms. The number of ether oxygens (including phenoxy) is 1. The second-order valence-corrected chi connectivity index (χ2v) is 3.99. The van der Waals surface area contributed by atoms with Crippen LogP contribution in [-0.4, -0.2) is 29.6 Å². The van der Waals surface area contributed by atoms with Gasteiger partial charge in [-0.1, -0.05) is 23.7 Å². The molecule has 1 atom stereocenters. The van der Waals surface area contributed by atoms with E-state index < -0.39 is 17.9 Å². The minimum Gasteiger partial charge on any atom is -0.482 e. The van der Waals surface area contributed by atoms with Gasteiger partial charge in [0.15, 0.2) is 6.61 Å². The first-order valence-electron chi connectivity index (χ1n) is 5.37. The highest BCUT2D eigenvalue weighted by atomic mass is 35.5. The van der Waals surface area contributed by atoms with Crippen molar-refractivity contribution in [3.05, 3.63) is 29.3 Å². The molecule has 0 aromatic heterocycles. The van der Waals surface area contributed by atoms with Crippen LogP contribution < -0.4 is 10.1 Å². The fourth-order valence-electron chi connectivity index (χ4n) is 1.26. The van der Waals surface area contributed by atoms with Crippen molar-refractivity contribution in [2.45, 2.75) is 12.5 Å². The van der Waals surface area contributed by atoms with E-state index in [0.717, 1.165) is 0 Å². The molecule has 100 valence electrons. The minimum atomic E-state index is -1.19. The Labute approximate surface area is 115 Å². The SMILES string of the molecule is C#CCC(NC(=O)COc1ccccc1Cl)C(=O)O. The second-order valence-electron chi connectivity index (χ2n) is 3.59. The molecule has 0 spiro atoms. The first-order chi connectivity index (χ1) is 9.04. The van der Waals surface area contributed by atoms with E-state index in [9.17, 15) is 9.59 Å². The van der Waals surface area contributed by atoms with Gasteiger partial charge in [0.1, 0.15) is 11.8 Å². The van der Waals surface area contributed by atoms with Crippen LogP contribution in [0.15, 0.2) is 24.3 Å². The van der Waals surface area contributed by atoms with Crippen LogP contribution in [0.1, 0.15) is 6.42 Å². The van der Waals surface area contributed by atoms with Crippen molar-refractivity contribution in [2.75, 3.05) is 6.61 Å². The van der Waals surface area contributed by atoms with E-state index in [2.05, 4.69) is 11.2 Å². The van der Waals surface area contributed by atoms with Crippen molar-refractivity contribution in [3.63, 3.8) is 0 Å². The maximum absolute atomic E-state index is 11.5. The van der Waals surface area contributed by atoms with E-state index in [-0.39, 0.29) is 13.0 Å². The topological polar surface area (TPSA) is 75.6 Å². The maximum Gasteiger partial charge on any atom is 0.327 e. The number of hydrogen-bond donors (Lipinski definition) is 2. The number of para-hydroxylation sites is 1. The monoisotopic (exact) mass is 281 g/mol. The van der Waals surface area contributed by atoms with Gasteiger partial charge in [-0.3, -0.25) is 4.79 Å². The number of carboxylic acid groups (broad SMARTS) is 1. The summed E-state index contributed by atoms with van der Waals surface area (Å²) in [6, 6.07) is 5.53. The number of benzene rings is 1. The Bertz CT molecular complexity index is 510. The summed E-state index contributed by atoms with van der Waals surface area (Å²) >= 11 is 5.84. The number of terminal acetylenes is 1. The maximum atomic E-state index is 11.5. The third kappa shape index (κ3) is 4.90. The number of carbonyl (C=O) groups excluding carboxylic acids is 1. The number of amides is 1. The van der Waals surface area contributed by atoms with Gasteiger partial charge in [0.2, 0.25) is 0 Å². The van der Waals surface area contributed by atoms with Gasteiger partial charge in [-0.2, -0.15) is 0 Å². The van der Waals surface area contributed by atoms with Crippen LogP contribution in [-0.2, 0) is 9.59 Å². The van der Waals surface area contributed by atoms with Gasteiger partial charge >= 0.3 is 5.97 Å². The zero-order valence-electron chi connectivity index (χ0n) is 9.93. The summed E-state index contributed by atoms with van der Waals surface area (Å²) in [4.78, 5) is 22.3. The van der Waals surface area contributed by atoms with Crippen LogP contribution in [0.3, 0.4) is 0 Å². The van der Waals surface area contributed by atoms with Crippen LogP contribution in [0.2, 0.25) is 5.02 Å². The fraction of sp³-hybridized carbons (Fsp3) is 0.231. The van der Waals surface area contributed by atoms with Gasteiger partial charge in [0.05, 0.1) is 5.02 Å². The number of carbonyl (C=O) groups is 2. The van der Waals surface area contributed by atoms with E-state index in [0.29, 0.717) is 10.8 Å². The van der Waals surface area contributed by atoms with E-state index in [4.69, 9.17) is 27.9 Å². The molecule has 0 aliphatic heterocycles. The molecule has 1 amide bonds. The first kappa shape index (κ1) is 14.9. The van der Waals surface area contributed by atoms with E-state index in [1.807, 2.05) is 0 Å². The zero-order valence-corrected chi connectivity index (χ0v) is 10.7. The second kappa shape index (κ2) is 7.29. The predicted molar refractivity (Wildman–Crippen MR) is 70.0 cm³/mol. The molecule has 0 bridgehead atoms. The average molecular weight is 282 g/mol. The highest BCUT2D eigenvalue weighted by Gasteiger charge is 2.18. The summed E-state index contributed by atoms with van der Waals surface area (Å²) in [7, 11) is 0. The third-order valence-electron chi connectivity index (χ3n) is 2.15. The van der Waals surface area contributed by atoms with Crippen molar-refractivity contribution < 1.29 is 19.4 Å². The smallest absolute Gasteiger partial charge is 0.327 e. The molecule has 2 N–H and O–H groups in total. The largest absolute Gasteiger partial charge is 0.482 e. The number of rotatable bonds is 6. The molecule has 0 aliphatic rings. The molecule has 0 heterocycles. The Kier molecular flexibility index (Phi) is 5.71. The van der Waals surface area contributed by atoms with Crippen LogP contribution >= 0.6 is 11.6 Å². The van der Waals surface area contributed by atoms with Crippen molar-refractivity contribution in [3.8, 4) is 18.1 Å². The van der Waals surface area contributed by atoms with E-state index >= 15 is 0 Å². The van der Waals surface area contributed by atoms with Crippen molar-refractivity contribution in [1.82, 2.24) is 5.32 Å². The molecule has 0 saturated heterocycles. The predicted octanol–water partition coefficient (Wildman–Crippen LogP) is 1.31. The summed E-state index contributed by atoms with van der Waals surface area (Å²) in [6.45, 7) is -0.335.